The number of rotatable bonds is 0. The Morgan fingerprint density at radius 1 is 1.55 bits per heavy atom. The fraction of sp³-hybridized carbons (Fsp3) is 0. The molecular formula is C7H8N4. The highest BCUT2D eigenvalue weighted by molar-refractivity contribution is 5.94. The van der Waals surface area contributed by atoms with Crippen LogP contribution in [0.25, 0.3) is 5.70 Å². The number of H-pyrrole nitrogens is 1. The Morgan fingerprint density at radius 2 is 2.36 bits per heavy atom. The summed E-state index contributed by atoms with van der Waals surface area (Å²) >= 11 is 0. The van der Waals surface area contributed by atoms with E-state index in [9.17, 15) is 0 Å². The van der Waals surface area contributed by atoms with Gasteiger partial charge in [0, 0.05) is 17.5 Å². The summed E-state index contributed by atoms with van der Waals surface area (Å²) in [5.41, 5.74) is 7.21. The van der Waals surface area contributed by atoms with Gasteiger partial charge in [0.2, 0.25) is 0 Å². The third-order valence-corrected chi connectivity index (χ3v) is 1.56. The molecule has 0 fully saturated rings. The summed E-state index contributed by atoms with van der Waals surface area (Å²) in [4.78, 5) is 6.97. The van der Waals surface area contributed by atoms with E-state index in [1.807, 2.05) is 6.07 Å². The van der Waals surface area contributed by atoms with Crippen molar-refractivity contribution in [2.45, 2.75) is 0 Å². The van der Waals surface area contributed by atoms with Crippen LogP contribution >= 0.6 is 0 Å². The molecule has 0 unspecified atom stereocenters. The molecular weight excluding hydrogens is 140 g/mol. The number of aromatic amines is 1. The summed E-state index contributed by atoms with van der Waals surface area (Å²) in [7, 11) is 0. The van der Waals surface area contributed by atoms with E-state index in [4.69, 9.17) is 5.73 Å². The minimum absolute atomic E-state index is 0.380. The van der Waals surface area contributed by atoms with E-state index in [-0.39, 0.29) is 0 Å². The van der Waals surface area contributed by atoms with Crippen molar-refractivity contribution in [2.24, 2.45) is 10.7 Å². The van der Waals surface area contributed by atoms with Crippen LogP contribution in [0.3, 0.4) is 0 Å². The number of fused-ring (bicyclic) bond motifs is 1. The molecule has 1 aromatic rings. The standard InChI is InChI=1S/C7H8N4/c1-4-5-2-3-9-6(5)11-7(8)10-4/h2-3,9H,1H2,(H3,8,10,11). The predicted octanol–water partition coefficient (Wildman–Crippen LogP) is 0.535. The molecule has 2 rings (SSSR count). The Bertz CT molecular complexity index is 334. The minimum Gasteiger partial charge on any atom is -0.369 e. The lowest BCUT2D eigenvalue weighted by atomic mass is 10.2. The van der Waals surface area contributed by atoms with Gasteiger partial charge in [-0.25, -0.2) is 0 Å². The molecule has 0 spiro atoms. The van der Waals surface area contributed by atoms with Gasteiger partial charge in [-0.15, -0.1) is 0 Å². The monoisotopic (exact) mass is 148 g/mol. The third-order valence-electron chi connectivity index (χ3n) is 1.56. The summed E-state index contributed by atoms with van der Waals surface area (Å²) < 4.78 is 0. The molecule has 0 aromatic carbocycles. The second kappa shape index (κ2) is 1.88. The summed E-state index contributed by atoms with van der Waals surface area (Å²) in [6.07, 6.45) is 1.81. The lowest BCUT2D eigenvalue weighted by Crippen LogP contribution is -2.31. The number of aromatic nitrogens is 1. The number of nitrogens with zero attached hydrogens (tertiary/aromatic N) is 1. The van der Waals surface area contributed by atoms with Gasteiger partial charge in [0.1, 0.15) is 5.82 Å². The number of hydrogen-bond donors (Lipinski definition) is 3. The molecule has 0 amide bonds. The number of aliphatic imine (C=N–C) groups is 1. The number of hydrogen-bond acceptors (Lipinski definition) is 3. The van der Waals surface area contributed by atoms with E-state index < -0.39 is 0 Å². The molecule has 4 N–H and O–H groups in total. The van der Waals surface area contributed by atoms with Crippen molar-refractivity contribution in [2.75, 3.05) is 0 Å². The first-order chi connectivity index (χ1) is 5.27. The maximum atomic E-state index is 5.46. The zero-order valence-corrected chi connectivity index (χ0v) is 5.89. The van der Waals surface area contributed by atoms with E-state index in [0.717, 1.165) is 17.1 Å². The van der Waals surface area contributed by atoms with Crippen LogP contribution in [-0.4, -0.2) is 10.9 Å². The third kappa shape index (κ3) is 0.797. The van der Waals surface area contributed by atoms with E-state index in [1.165, 1.54) is 0 Å². The molecule has 0 saturated carbocycles. The number of nitrogens with one attached hydrogen (secondary N) is 2. The maximum Gasteiger partial charge on any atom is 0.199 e. The van der Waals surface area contributed by atoms with Crippen molar-refractivity contribution >= 4 is 17.5 Å². The van der Waals surface area contributed by atoms with E-state index in [2.05, 4.69) is 21.9 Å². The van der Waals surface area contributed by atoms with Crippen LogP contribution in [0.2, 0.25) is 0 Å². The summed E-state index contributed by atoms with van der Waals surface area (Å²) in [5.74, 6) is 1.15. The highest BCUT2D eigenvalue weighted by atomic mass is 15.1. The molecule has 1 aliphatic heterocycles. The molecule has 1 aromatic heterocycles. The quantitative estimate of drug-likeness (QED) is 0.502. The highest BCUT2D eigenvalue weighted by Crippen LogP contribution is 2.24. The topological polar surface area (TPSA) is 66.2 Å². The Balaban J connectivity index is 2.60. The Morgan fingerprint density at radius 3 is 3.18 bits per heavy atom. The van der Waals surface area contributed by atoms with Gasteiger partial charge in [-0.1, -0.05) is 6.58 Å². The fourth-order valence-corrected chi connectivity index (χ4v) is 1.07. The Kier molecular flexibility index (Phi) is 1.03. The number of guanidine groups is 1. The largest absolute Gasteiger partial charge is 0.369 e. The molecule has 4 heteroatoms. The lowest BCUT2D eigenvalue weighted by molar-refractivity contribution is 1.18. The normalized spacial score (nSPS) is 15.3. The summed E-state index contributed by atoms with van der Waals surface area (Å²) in [6, 6.07) is 1.90. The maximum absolute atomic E-state index is 5.46. The van der Waals surface area contributed by atoms with Gasteiger partial charge in [0.25, 0.3) is 0 Å². The molecule has 0 bridgehead atoms. The van der Waals surface area contributed by atoms with Crippen molar-refractivity contribution in [3.63, 3.8) is 0 Å². The van der Waals surface area contributed by atoms with Gasteiger partial charge in [-0.3, -0.25) is 0 Å². The van der Waals surface area contributed by atoms with Gasteiger partial charge in [-0.2, -0.15) is 4.99 Å². The second-order valence-corrected chi connectivity index (χ2v) is 2.34. The molecule has 2 heterocycles. The van der Waals surface area contributed by atoms with Crippen LogP contribution in [-0.2, 0) is 0 Å². The molecule has 11 heavy (non-hydrogen) atoms. The Labute approximate surface area is 63.8 Å². The van der Waals surface area contributed by atoms with Crippen molar-refractivity contribution in [1.82, 2.24) is 10.3 Å². The average molecular weight is 148 g/mol. The van der Waals surface area contributed by atoms with Crippen molar-refractivity contribution in [3.05, 3.63) is 24.4 Å². The van der Waals surface area contributed by atoms with Gasteiger partial charge < -0.3 is 16.0 Å². The molecule has 4 nitrogen and oxygen atoms in total. The van der Waals surface area contributed by atoms with Crippen molar-refractivity contribution in [3.8, 4) is 0 Å². The molecule has 56 valence electrons. The van der Waals surface area contributed by atoms with Crippen LogP contribution in [0.1, 0.15) is 5.56 Å². The van der Waals surface area contributed by atoms with E-state index >= 15 is 0 Å². The highest BCUT2D eigenvalue weighted by Gasteiger charge is 2.12. The predicted molar refractivity (Wildman–Crippen MR) is 44.2 cm³/mol. The minimum atomic E-state index is 0.380. The molecule has 0 aliphatic carbocycles. The molecule has 0 radical (unpaired) electrons. The van der Waals surface area contributed by atoms with E-state index in [0.29, 0.717) is 5.96 Å². The zero-order chi connectivity index (χ0) is 7.84. The first kappa shape index (κ1) is 6.03. The fourth-order valence-electron chi connectivity index (χ4n) is 1.07. The Hall–Kier alpha value is -1.71. The van der Waals surface area contributed by atoms with Gasteiger partial charge in [0.05, 0.1) is 0 Å². The van der Waals surface area contributed by atoms with Crippen molar-refractivity contribution < 1.29 is 0 Å². The zero-order valence-electron chi connectivity index (χ0n) is 5.89. The first-order valence-corrected chi connectivity index (χ1v) is 3.25. The molecule has 0 saturated heterocycles. The van der Waals surface area contributed by atoms with Gasteiger partial charge in [0.15, 0.2) is 5.96 Å². The second-order valence-electron chi connectivity index (χ2n) is 2.34. The van der Waals surface area contributed by atoms with Gasteiger partial charge >= 0.3 is 0 Å². The van der Waals surface area contributed by atoms with E-state index in [1.54, 1.807) is 6.20 Å². The smallest absolute Gasteiger partial charge is 0.199 e. The van der Waals surface area contributed by atoms with Crippen LogP contribution in [0.4, 0.5) is 5.82 Å². The first-order valence-electron chi connectivity index (χ1n) is 3.25. The van der Waals surface area contributed by atoms with Crippen LogP contribution in [0, 0.1) is 0 Å². The van der Waals surface area contributed by atoms with Gasteiger partial charge in [-0.05, 0) is 6.07 Å². The molecule has 0 atom stereocenters. The van der Waals surface area contributed by atoms with Crippen LogP contribution < -0.4 is 11.1 Å². The van der Waals surface area contributed by atoms with Crippen LogP contribution in [0.15, 0.2) is 23.8 Å². The lowest BCUT2D eigenvalue weighted by Gasteiger charge is -2.12. The summed E-state index contributed by atoms with van der Waals surface area (Å²) in [5, 5.41) is 2.83. The van der Waals surface area contributed by atoms with Crippen molar-refractivity contribution in [1.29, 1.82) is 0 Å². The summed E-state index contributed by atoms with van der Waals surface area (Å²) in [6.45, 7) is 3.79. The number of nitrogens with two attached hydrogens (primary N) is 1. The average Bonchev–Trinajstić information content (AvgIpc) is 2.34. The van der Waals surface area contributed by atoms with Crippen LogP contribution in [0.5, 0.6) is 0 Å². The SMILES string of the molecule is C=C1NC(N)=Nc2[nH]ccc21. The molecule has 1 aliphatic rings.